The Morgan fingerprint density at radius 3 is 2.54 bits per heavy atom. The molecule has 0 unspecified atom stereocenters. The third-order valence-corrected chi connectivity index (χ3v) is 4.17. The van der Waals surface area contributed by atoms with Crippen LogP contribution in [0.15, 0.2) is 30.3 Å². The van der Waals surface area contributed by atoms with Gasteiger partial charge in [-0.25, -0.2) is 9.78 Å². The first-order chi connectivity index (χ1) is 12.4. The SMILES string of the molecule is COC(=O)c1ccc(CNC(=O)c2cc(C)nc3c2c(C)nn3C)cc1. The van der Waals surface area contributed by atoms with Gasteiger partial charge in [0.2, 0.25) is 0 Å². The summed E-state index contributed by atoms with van der Waals surface area (Å²) in [6.07, 6.45) is 0. The average molecular weight is 352 g/mol. The van der Waals surface area contributed by atoms with Crippen LogP contribution in [0.3, 0.4) is 0 Å². The number of ether oxygens (including phenoxy) is 1. The Bertz CT molecular complexity index is 990. The van der Waals surface area contributed by atoms with Crippen LogP contribution in [0.4, 0.5) is 0 Å². The standard InChI is InChI=1S/C19H20N4O3/c1-11-9-15(16-12(2)22-23(3)17(16)21-11)18(24)20-10-13-5-7-14(8-6-13)19(25)26-4/h5-9H,10H2,1-4H3,(H,20,24). The molecule has 3 rings (SSSR count). The van der Waals surface area contributed by atoms with Gasteiger partial charge in [0, 0.05) is 19.3 Å². The van der Waals surface area contributed by atoms with Crippen molar-refractivity contribution in [3.05, 3.63) is 58.4 Å². The van der Waals surface area contributed by atoms with Crippen LogP contribution in [0.25, 0.3) is 11.0 Å². The molecule has 0 saturated carbocycles. The van der Waals surface area contributed by atoms with Gasteiger partial charge in [0.1, 0.15) is 0 Å². The number of benzene rings is 1. The van der Waals surface area contributed by atoms with Crippen molar-refractivity contribution < 1.29 is 14.3 Å². The number of methoxy groups -OCH3 is 1. The number of carbonyl (C=O) groups excluding carboxylic acids is 2. The van der Waals surface area contributed by atoms with Crippen molar-refractivity contribution in [2.75, 3.05) is 7.11 Å². The topological polar surface area (TPSA) is 86.1 Å². The number of pyridine rings is 1. The van der Waals surface area contributed by atoms with Gasteiger partial charge < -0.3 is 10.1 Å². The van der Waals surface area contributed by atoms with Crippen molar-refractivity contribution >= 4 is 22.9 Å². The molecular formula is C19H20N4O3. The van der Waals surface area contributed by atoms with E-state index in [1.165, 1.54) is 7.11 Å². The van der Waals surface area contributed by atoms with Gasteiger partial charge in [0.05, 0.1) is 29.3 Å². The molecule has 0 aliphatic rings. The van der Waals surface area contributed by atoms with Crippen LogP contribution in [-0.4, -0.2) is 33.8 Å². The Hall–Kier alpha value is -3.22. The Morgan fingerprint density at radius 1 is 1.19 bits per heavy atom. The van der Waals surface area contributed by atoms with Gasteiger partial charge in [-0.2, -0.15) is 5.10 Å². The summed E-state index contributed by atoms with van der Waals surface area (Å²) < 4.78 is 6.36. The molecule has 0 spiro atoms. The molecule has 2 heterocycles. The van der Waals surface area contributed by atoms with E-state index in [0.29, 0.717) is 23.3 Å². The molecular weight excluding hydrogens is 332 g/mol. The van der Waals surface area contributed by atoms with Crippen molar-refractivity contribution in [1.82, 2.24) is 20.1 Å². The maximum atomic E-state index is 12.7. The number of hydrogen-bond acceptors (Lipinski definition) is 5. The number of rotatable bonds is 4. The zero-order valence-electron chi connectivity index (χ0n) is 15.2. The molecule has 1 N–H and O–H groups in total. The number of aromatic nitrogens is 3. The minimum absolute atomic E-state index is 0.186. The second kappa shape index (κ2) is 6.95. The lowest BCUT2D eigenvalue weighted by atomic mass is 10.1. The Labute approximate surface area is 151 Å². The summed E-state index contributed by atoms with van der Waals surface area (Å²) in [6.45, 7) is 4.06. The lowest BCUT2D eigenvalue weighted by Gasteiger charge is -2.08. The molecule has 0 aliphatic heterocycles. The van der Waals surface area contributed by atoms with Crippen LogP contribution < -0.4 is 5.32 Å². The van der Waals surface area contributed by atoms with Gasteiger partial charge in [-0.05, 0) is 37.6 Å². The predicted molar refractivity (Wildman–Crippen MR) is 96.9 cm³/mol. The number of amides is 1. The van der Waals surface area contributed by atoms with E-state index in [4.69, 9.17) is 0 Å². The highest BCUT2D eigenvalue weighted by molar-refractivity contribution is 6.06. The Kier molecular flexibility index (Phi) is 4.71. The highest BCUT2D eigenvalue weighted by atomic mass is 16.5. The molecule has 7 heteroatoms. The zero-order chi connectivity index (χ0) is 18.8. The molecule has 3 aromatic rings. The van der Waals surface area contributed by atoms with Crippen molar-refractivity contribution in [2.24, 2.45) is 7.05 Å². The fourth-order valence-electron chi connectivity index (χ4n) is 2.90. The average Bonchev–Trinajstić information content (AvgIpc) is 2.92. The smallest absolute Gasteiger partial charge is 0.337 e. The van der Waals surface area contributed by atoms with Crippen LogP contribution in [0.1, 0.15) is 37.7 Å². The highest BCUT2D eigenvalue weighted by Crippen LogP contribution is 2.21. The van der Waals surface area contributed by atoms with E-state index in [9.17, 15) is 9.59 Å². The third kappa shape index (κ3) is 3.28. The number of nitrogens with one attached hydrogen (secondary N) is 1. The number of aryl methyl sites for hydroxylation is 3. The number of hydrogen-bond donors (Lipinski definition) is 1. The van der Waals surface area contributed by atoms with E-state index < -0.39 is 0 Å². The summed E-state index contributed by atoms with van der Waals surface area (Å²) >= 11 is 0. The minimum Gasteiger partial charge on any atom is -0.465 e. The molecule has 0 radical (unpaired) electrons. The summed E-state index contributed by atoms with van der Waals surface area (Å²) in [5, 5.41) is 8.03. The Morgan fingerprint density at radius 2 is 1.88 bits per heavy atom. The molecule has 0 fully saturated rings. The summed E-state index contributed by atoms with van der Waals surface area (Å²) in [6, 6.07) is 8.69. The predicted octanol–water partition coefficient (Wildman–Crippen LogP) is 2.30. The molecule has 1 amide bonds. The lowest BCUT2D eigenvalue weighted by Crippen LogP contribution is -2.23. The van der Waals surface area contributed by atoms with Gasteiger partial charge in [-0.1, -0.05) is 12.1 Å². The van der Waals surface area contributed by atoms with Crippen LogP contribution >= 0.6 is 0 Å². The zero-order valence-corrected chi connectivity index (χ0v) is 15.2. The molecule has 0 bridgehead atoms. The van der Waals surface area contributed by atoms with E-state index >= 15 is 0 Å². The number of nitrogens with zero attached hydrogens (tertiary/aromatic N) is 3. The summed E-state index contributed by atoms with van der Waals surface area (Å²) in [7, 11) is 3.15. The fourth-order valence-corrected chi connectivity index (χ4v) is 2.90. The number of carbonyl (C=O) groups is 2. The minimum atomic E-state index is -0.387. The number of fused-ring (bicyclic) bond motifs is 1. The van der Waals surface area contributed by atoms with E-state index in [1.807, 2.05) is 20.9 Å². The van der Waals surface area contributed by atoms with E-state index in [1.54, 1.807) is 35.0 Å². The molecule has 2 aromatic heterocycles. The van der Waals surface area contributed by atoms with Crippen molar-refractivity contribution in [2.45, 2.75) is 20.4 Å². The molecule has 0 aliphatic carbocycles. The molecule has 0 atom stereocenters. The maximum Gasteiger partial charge on any atom is 0.337 e. The largest absolute Gasteiger partial charge is 0.465 e. The maximum absolute atomic E-state index is 12.7. The van der Waals surface area contributed by atoms with Crippen LogP contribution in [0.5, 0.6) is 0 Å². The summed E-state index contributed by atoms with van der Waals surface area (Å²) in [4.78, 5) is 28.6. The first-order valence-electron chi connectivity index (χ1n) is 8.17. The summed E-state index contributed by atoms with van der Waals surface area (Å²) in [5.41, 5.74) is 4.13. The van der Waals surface area contributed by atoms with E-state index in [2.05, 4.69) is 20.1 Å². The first kappa shape index (κ1) is 17.6. The van der Waals surface area contributed by atoms with Crippen LogP contribution in [-0.2, 0) is 18.3 Å². The molecule has 0 saturated heterocycles. The van der Waals surface area contributed by atoms with Gasteiger partial charge in [-0.3, -0.25) is 9.48 Å². The van der Waals surface area contributed by atoms with Gasteiger partial charge >= 0.3 is 5.97 Å². The second-order valence-corrected chi connectivity index (χ2v) is 6.09. The fraction of sp³-hybridized carbons (Fsp3) is 0.263. The van der Waals surface area contributed by atoms with E-state index in [0.717, 1.165) is 22.3 Å². The second-order valence-electron chi connectivity index (χ2n) is 6.09. The van der Waals surface area contributed by atoms with Crippen molar-refractivity contribution in [3.8, 4) is 0 Å². The monoisotopic (exact) mass is 352 g/mol. The highest BCUT2D eigenvalue weighted by Gasteiger charge is 2.17. The molecule has 134 valence electrons. The lowest BCUT2D eigenvalue weighted by molar-refractivity contribution is 0.0600. The van der Waals surface area contributed by atoms with E-state index in [-0.39, 0.29) is 11.9 Å². The van der Waals surface area contributed by atoms with Gasteiger partial charge in [0.15, 0.2) is 5.65 Å². The quantitative estimate of drug-likeness (QED) is 0.728. The number of esters is 1. The van der Waals surface area contributed by atoms with Crippen molar-refractivity contribution in [1.29, 1.82) is 0 Å². The van der Waals surface area contributed by atoms with Crippen molar-refractivity contribution in [3.63, 3.8) is 0 Å². The van der Waals surface area contributed by atoms with Gasteiger partial charge in [0.25, 0.3) is 5.91 Å². The first-order valence-corrected chi connectivity index (χ1v) is 8.17. The van der Waals surface area contributed by atoms with Crippen LogP contribution in [0.2, 0.25) is 0 Å². The van der Waals surface area contributed by atoms with Crippen LogP contribution in [0, 0.1) is 13.8 Å². The Balaban J connectivity index is 1.81. The third-order valence-electron chi connectivity index (χ3n) is 4.17. The molecule has 1 aromatic carbocycles. The molecule has 7 nitrogen and oxygen atoms in total. The summed E-state index contributed by atoms with van der Waals surface area (Å²) in [5.74, 6) is -0.573. The van der Waals surface area contributed by atoms with Gasteiger partial charge in [-0.15, -0.1) is 0 Å². The molecule has 26 heavy (non-hydrogen) atoms. The normalized spacial score (nSPS) is 10.8.